The third-order valence-corrected chi connectivity index (χ3v) is 10.3. The summed E-state index contributed by atoms with van der Waals surface area (Å²) in [5.41, 5.74) is -5.89. The number of anilines is 1. The molecule has 0 aromatic heterocycles. The monoisotopic (exact) mass is 517 g/mol. The van der Waals surface area contributed by atoms with Crippen molar-refractivity contribution in [2.45, 2.75) is 56.7 Å². The zero-order valence-corrected chi connectivity index (χ0v) is 20.7. The molecule has 6 nitrogen and oxygen atoms in total. The molecule has 1 unspecified atom stereocenters. The lowest BCUT2D eigenvalue weighted by Gasteiger charge is -2.63. The van der Waals surface area contributed by atoms with Crippen molar-refractivity contribution in [2.75, 3.05) is 18.2 Å². The predicted octanol–water partition coefficient (Wildman–Crippen LogP) is 3.42. The highest BCUT2D eigenvalue weighted by Crippen LogP contribution is 2.72. The molecule has 0 bridgehead atoms. The molecule has 4 fully saturated rings. The van der Waals surface area contributed by atoms with E-state index in [2.05, 4.69) is 0 Å². The Kier molecular flexibility index (Phi) is 5.21. The number of halogens is 3. The molecule has 1 saturated heterocycles. The number of benzene rings is 1. The number of aliphatic hydroxyl groups is 2. The zero-order valence-electron chi connectivity index (χ0n) is 20.7. The molecule has 5 aliphatic rings. The number of ketones is 2. The fourth-order valence-electron chi connectivity index (χ4n) is 8.63. The summed E-state index contributed by atoms with van der Waals surface area (Å²) < 4.78 is 46.5. The van der Waals surface area contributed by atoms with Crippen LogP contribution in [0.5, 0.6) is 0 Å². The molecule has 3 saturated carbocycles. The van der Waals surface area contributed by atoms with E-state index in [0.29, 0.717) is 12.1 Å². The number of carbonyl (C=O) groups excluding carboxylic acids is 2. The first-order chi connectivity index (χ1) is 17.4. The Labute approximate surface area is 212 Å². The molecule has 0 spiro atoms. The summed E-state index contributed by atoms with van der Waals surface area (Å²) in [5, 5.41) is 23.0. The molecule has 6 rings (SSSR count). The van der Waals surface area contributed by atoms with Crippen molar-refractivity contribution >= 4 is 17.3 Å². The first-order valence-electron chi connectivity index (χ1n) is 12.7. The summed E-state index contributed by atoms with van der Waals surface area (Å²) in [7, 11) is 0. The largest absolute Gasteiger partial charge is 0.390 e. The Morgan fingerprint density at radius 3 is 2.57 bits per heavy atom. The van der Waals surface area contributed by atoms with Crippen LogP contribution < -0.4 is 5.06 Å². The normalized spacial score (nSPS) is 46.1. The van der Waals surface area contributed by atoms with E-state index >= 15 is 8.78 Å². The highest BCUT2D eigenvalue weighted by Gasteiger charge is 2.79. The lowest BCUT2D eigenvalue weighted by molar-refractivity contribution is -0.228. The van der Waals surface area contributed by atoms with E-state index in [0.717, 1.165) is 6.08 Å². The average Bonchev–Trinajstić information content (AvgIpc) is 3.36. The second-order valence-electron chi connectivity index (χ2n) is 11.7. The summed E-state index contributed by atoms with van der Waals surface area (Å²) in [6.07, 6.45) is 0.545. The summed E-state index contributed by atoms with van der Waals surface area (Å²) >= 11 is 0. The van der Waals surface area contributed by atoms with E-state index in [1.165, 1.54) is 48.4 Å². The Bertz CT molecular complexity index is 1230. The van der Waals surface area contributed by atoms with E-state index in [4.69, 9.17) is 4.84 Å². The first kappa shape index (κ1) is 24.8. The van der Waals surface area contributed by atoms with Gasteiger partial charge in [-0.25, -0.2) is 13.2 Å². The van der Waals surface area contributed by atoms with Crippen LogP contribution in [-0.2, 0) is 14.4 Å². The number of hydrogen-bond donors (Lipinski definition) is 2. The lowest BCUT2D eigenvalue weighted by Crippen LogP contribution is -2.70. The quantitative estimate of drug-likeness (QED) is 0.639. The molecule has 0 amide bonds. The number of nitrogens with zero attached hydrogens (tertiary/aromatic N) is 1. The number of carbonyl (C=O) groups is 2. The highest BCUT2D eigenvalue weighted by molar-refractivity contribution is 6.01. The molecule has 1 heterocycles. The lowest BCUT2D eigenvalue weighted by atomic mass is 9.44. The summed E-state index contributed by atoms with van der Waals surface area (Å²) in [6.45, 7) is 2.73. The minimum absolute atomic E-state index is 0.0412. The van der Waals surface area contributed by atoms with Gasteiger partial charge in [0.15, 0.2) is 22.8 Å². The molecule has 1 aromatic rings. The van der Waals surface area contributed by atoms with Gasteiger partial charge in [-0.15, -0.1) is 0 Å². The summed E-state index contributed by atoms with van der Waals surface area (Å²) in [6, 6.07) is 5.60. The molecule has 9 atom stereocenters. The summed E-state index contributed by atoms with van der Waals surface area (Å²) in [4.78, 5) is 31.9. The van der Waals surface area contributed by atoms with Crippen LogP contribution in [0.2, 0.25) is 0 Å². The second-order valence-corrected chi connectivity index (χ2v) is 11.7. The molecule has 0 radical (unpaired) electrons. The maximum Gasteiger partial charge on any atom is 0.193 e. The molecule has 37 heavy (non-hydrogen) atoms. The minimum atomic E-state index is -2.26. The number of aliphatic hydroxyl groups excluding tert-OH is 2. The van der Waals surface area contributed by atoms with Crippen LogP contribution in [0.15, 0.2) is 48.1 Å². The minimum Gasteiger partial charge on any atom is -0.390 e. The number of fused-ring (bicyclic) bond motifs is 7. The van der Waals surface area contributed by atoms with Gasteiger partial charge >= 0.3 is 0 Å². The zero-order chi connectivity index (χ0) is 26.5. The van der Waals surface area contributed by atoms with E-state index in [1.807, 2.05) is 0 Å². The maximum absolute atomic E-state index is 17.4. The number of rotatable bonds is 3. The van der Waals surface area contributed by atoms with Crippen LogP contribution in [0.1, 0.15) is 33.1 Å². The smallest absolute Gasteiger partial charge is 0.193 e. The van der Waals surface area contributed by atoms with Crippen molar-refractivity contribution in [3.63, 3.8) is 0 Å². The predicted molar refractivity (Wildman–Crippen MR) is 127 cm³/mol. The van der Waals surface area contributed by atoms with Crippen LogP contribution in [0, 0.1) is 34.4 Å². The number of hydroxylamine groups is 1. The van der Waals surface area contributed by atoms with Crippen molar-refractivity contribution in [3.05, 3.63) is 53.9 Å². The second kappa shape index (κ2) is 7.77. The van der Waals surface area contributed by atoms with E-state index in [9.17, 15) is 24.2 Å². The van der Waals surface area contributed by atoms with Gasteiger partial charge in [0.05, 0.1) is 18.3 Å². The molecular weight excluding hydrogens is 487 g/mol. The molecule has 1 aliphatic heterocycles. The van der Waals surface area contributed by atoms with E-state index in [1.54, 1.807) is 6.92 Å². The number of allylic oxidation sites excluding steroid dienone is 4. The topological polar surface area (TPSA) is 87.1 Å². The number of hydrogen-bond acceptors (Lipinski definition) is 6. The van der Waals surface area contributed by atoms with Gasteiger partial charge in [-0.05, 0) is 74.1 Å². The Hall–Kier alpha value is -2.49. The fraction of sp³-hybridized carbons (Fsp3) is 0.571. The maximum atomic E-state index is 17.4. The fourth-order valence-corrected chi connectivity index (χ4v) is 8.63. The van der Waals surface area contributed by atoms with Crippen molar-refractivity contribution in [3.8, 4) is 0 Å². The molecule has 2 N–H and O–H groups in total. The van der Waals surface area contributed by atoms with Crippen LogP contribution in [0.25, 0.3) is 0 Å². The third-order valence-electron chi connectivity index (χ3n) is 10.3. The van der Waals surface area contributed by atoms with Crippen molar-refractivity contribution in [1.29, 1.82) is 0 Å². The van der Waals surface area contributed by atoms with Gasteiger partial charge in [0.25, 0.3) is 0 Å². The molecular formula is C28H30F3NO5. The Balaban J connectivity index is 1.44. The van der Waals surface area contributed by atoms with Gasteiger partial charge in [-0.2, -0.15) is 0 Å². The van der Waals surface area contributed by atoms with Crippen LogP contribution in [0.4, 0.5) is 18.9 Å². The van der Waals surface area contributed by atoms with Crippen molar-refractivity contribution < 1.29 is 37.8 Å². The number of alkyl halides is 2. The van der Waals surface area contributed by atoms with Gasteiger partial charge < -0.3 is 10.2 Å². The van der Waals surface area contributed by atoms with Crippen LogP contribution >= 0.6 is 0 Å². The van der Waals surface area contributed by atoms with E-state index < -0.39 is 76.1 Å². The van der Waals surface area contributed by atoms with Crippen LogP contribution in [0.3, 0.4) is 0 Å². The Morgan fingerprint density at radius 2 is 1.89 bits per heavy atom. The summed E-state index contributed by atoms with van der Waals surface area (Å²) in [5.74, 6) is -3.36. The Morgan fingerprint density at radius 1 is 1.19 bits per heavy atom. The average molecular weight is 518 g/mol. The molecule has 4 aliphatic carbocycles. The van der Waals surface area contributed by atoms with Crippen LogP contribution in [-0.4, -0.2) is 58.5 Å². The van der Waals surface area contributed by atoms with Gasteiger partial charge in [0.2, 0.25) is 0 Å². The van der Waals surface area contributed by atoms with Gasteiger partial charge in [-0.3, -0.25) is 19.5 Å². The molecule has 9 heteroatoms. The third kappa shape index (κ3) is 2.88. The van der Waals surface area contributed by atoms with Gasteiger partial charge in [0.1, 0.15) is 18.6 Å². The van der Waals surface area contributed by atoms with E-state index in [-0.39, 0.29) is 25.0 Å². The SMILES string of the molecule is CC12C[C@H](O)[C@@]3(F)[C@@H](C[C@H](F)C4=CC(=O)C=C[C@@]43C)[C@@H]1C[C@H]1CN(c3ccc(F)cc3)O[C@]12C(=O)CO. The van der Waals surface area contributed by atoms with Gasteiger partial charge in [-0.1, -0.05) is 13.0 Å². The first-order valence-corrected chi connectivity index (χ1v) is 12.7. The highest BCUT2D eigenvalue weighted by atomic mass is 19.1. The number of Topliss-reactive ketones (excluding diaryl/α,β-unsaturated/α-hetero) is 1. The van der Waals surface area contributed by atoms with Crippen molar-refractivity contribution in [2.24, 2.45) is 28.6 Å². The standard InChI is InChI=1S/C28H30F3NO5/c1-25-8-7-18(34)10-21(25)22(30)11-20-19-9-15-13-32(17-5-3-16(29)4-6-17)37-28(15,24(36)14-33)26(19,2)12-23(35)27(20,25)31/h3-8,10,15,19-20,22-23,33,35H,9,11-14H2,1-2H3/t15-,19-,20-,22-,23-,25-,26?,27-,28-/m0/s1. The molecule has 1 aromatic carbocycles. The van der Waals surface area contributed by atoms with Gasteiger partial charge in [0, 0.05) is 22.7 Å². The van der Waals surface area contributed by atoms with Crippen molar-refractivity contribution in [1.82, 2.24) is 0 Å². The molecule has 198 valence electrons.